The van der Waals surface area contributed by atoms with Gasteiger partial charge in [0, 0.05) is 24.0 Å². The molecule has 1 amide bonds. The van der Waals surface area contributed by atoms with E-state index >= 15 is 0 Å². The van der Waals surface area contributed by atoms with Crippen LogP contribution < -0.4 is 0 Å². The fourth-order valence-electron chi connectivity index (χ4n) is 2.00. The molecule has 0 atom stereocenters. The Morgan fingerprint density at radius 2 is 2.06 bits per heavy atom. The average Bonchev–Trinajstić information content (AvgIpc) is 2.38. The number of halogens is 1. The monoisotopic (exact) mass is 293 g/mol. The second-order valence-corrected chi connectivity index (χ2v) is 4.96. The third kappa shape index (κ3) is 2.97. The second kappa shape index (κ2) is 5.50. The van der Waals surface area contributed by atoms with Gasteiger partial charge in [-0.3, -0.25) is 4.79 Å². The van der Waals surface area contributed by atoms with E-state index in [-0.39, 0.29) is 5.91 Å². The number of nitrogens with zero attached hydrogens (tertiary/aromatic N) is 1. The van der Waals surface area contributed by atoms with Gasteiger partial charge in [0.15, 0.2) is 0 Å². The Kier molecular flexibility index (Phi) is 4.00. The first-order valence-electron chi connectivity index (χ1n) is 5.80. The highest BCUT2D eigenvalue weighted by molar-refractivity contribution is 9.08. The van der Waals surface area contributed by atoms with Crippen LogP contribution in [0, 0.1) is 0 Å². The standard InChI is InChI=1S/C14H16BrNO/c1-11-3-2-8-16(10-11)14(17)13-6-4-12(9-15)5-7-13/h3-7H,2,8-10H2,1H3. The zero-order valence-corrected chi connectivity index (χ0v) is 11.5. The van der Waals surface area contributed by atoms with Crippen LogP contribution in [0.25, 0.3) is 0 Å². The zero-order chi connectivity index (χ0) is 12.3. The van der Waals surface area contributed by atoms with Gasteiger partial charge in [-0.1, -0.05) is 39.7 Å². The summed E-state index contributed by atoms with van der Waals surface area (Å²) < 4.78 is 0. The van der Waals surface area contributed by atoms with Crippen molar-refractivity contribution in [3.8, 4) is 0 Å². The van der Waals surface area contributed by atoms with Crippen LogP contribution >= 0.6 is 15.9 Å². The Labute approximate surface area is 110 Å². The molecule has 0 N–H and O–H groups in total. The van der Waals surface area contributed by atoms with Gasteiger partial charge in [0.1, 0.15) is 0 Å². The van der Waals surface area contributed by atoms with Crippen LogP contribution in [0.2, 0.25) is 0 Å². The Hall–Kier alpha value is -1.09. The molecule has 1 aromatic carbocycles. The summed E-state index contributed by atoms with van der Waals surface area (Å²) >= 11 is 3.40. The predicted molar refractivity (Wildman–Crippen MR) is 73.4 cm³/mol. The smallest absolute Gasteiger partial charge is 0.254 e. The molecule has 1 aliphatic heterocycles. The first-order valence-corrected chi connectivity index (χ1v) is 6.92. The molecule has 0 saturated carbocycles. The average molecular weight is 294 g/mol. The van der Waals surface area contributed by atoms with Gasteiger partial charge in [0.25, 0.3) is 5.91 Å². The van der Waals surface area contributed by atoms with Crippen LogP contribution in [-0.4, -0.2) is 23.9 Å². The minimum absolute atomic E-state index is 0.138. The van der Waals surface area contributed by atoms with E-state index in [1.54, 1.807) is 0 Å². The highest BCUT2D eigenvalue weighted by atomic mass is 79.9. The Morgan fingerprint density at radius 3 is 2.65 bits per heavy atom. The van der Waals surface area contributed by atoms with Crippen LogP contribution in [0.4, 0.5) is 0 Å². The highest BCUT2D eigenvalue weighted by Gasteiger charge is 2.17. The first kappa shape index (κ1) is 12.4. The van der Waals surface area contributed by atoms with Crippen molar-refractivity contribution in [3.63, 3.8) is 0 Å². The summed E-state index contributed by atoms with van der Waals surface area (Å²) in [5, 5.41) is 0.826. The normalized spacial score (nSPS) is 15.6. The van der Waals surface area contributed by atoms with E-state index in [1.807, 2.05) is 29.2 Å². The topological polar surface area (TPSA) is 20.3 Å². The highest BCUT2D eigenvalue weighted by Crippen LogP contribution is 2.14. The van der Waals surface area contributed by atoms with Gasteiger partial charge in [-0.25, -0.2) is 0 Å². The maximum atomic E-state index is 12.2. The number of hydrogen-bond acceptors (Lipinski definition) is 1. The molecule has 1 aromatic rings. The molecular weight excluding hydrogens is 278 g/mol. The molecule has 3 heteroatoms. The molecule has 0 aliphatic carbocycles. The number of carbonyl (C=O) groups excluding carboxylic acids is 1. The number of benzene rings is 1. The number of alkyl halides is 1. The van der Waals surface area contributed by atoms with Gasteiger partial charge in [-0.05, 0) is 31.0 Å². The predicted octanol–water partition coefficient (Wildman–Crippen LogP) is 3.37. The fraction of sp³-hybridized carbons (Fsp3) is 0.357. The van der Waals surface area contributed by atoms with Crippen LogP contribution in [0.5, 0.6) is 0 Å². The Bertz CT molecular complexity index is 436. The van der Waals surface area contributed by atoms with Gasteiger partial charge >= 0.3 is 0 Å². The lowest BCUT2D eigenvalue weighted by molar-refractivity contribution is 0.0766. The lowest BCUT2D eigenvalue weighted by atomic mass is 10.1. The van der Waals surface area contributed by atoms with E-state index in [4.69, 9.17) is 0 Å². The van der Waals surface area contributed by atoms with Crippen LogP contribution in [0.3, 0.4) is 0 Å². The SMILES string of the molecule is CC1=CCCN(C(=O)c2ccc(CBr)cc2)C1. The summed E-state index contributed by atoms with van der Waals surface area (Å²) in [4.78, 5) is 14.1. The van der Waals surface area contributed by atoms with Crippen molar-refractivity contribution >= 4 is 21.8 Å². The molecule has 90 valence electrons. The van der Waals surface area contributed by atoms with E-state index in [9.17, 15) is 4.79 Å². The molecule has 1 aliphatic rings. The zero-order valence-electron chi connectivity index (χ0n) is 9.95. The molecule has 0 bridgehead atoms. The van der Waals surface area contributed by atoms with Crippen molar-refractivity contribution in [3.05, 3.63) is 47.0 Å². The number of amides is 1. The van der Waals surface area contributed by atoms with Crippen molar-refractivity contribution < 1.29 is 4.79 Å². The maximum absolute atomic E-state index is 12.2. The minimum atomic E-state index is 0.138. The van der Waals surface area contributed by atoms with E-state index in [0.717, 1.165) is 30.4 Å². The van der Waals surface area contributed by atoms with Crippen molar-refractivity contribution in [2.75, 3.05) is 13.1 Å². The van der Waals surface area contributed by atoms with E-state index in [1.165, 1.54) is 11.1 Å². The van der Waals surface area contributed by atoms with Gasteiger partial charge in [0.05, 0.1) is 0 Å². The molecule has 0 saturated heterocycles. The van der Waals surface area contributed by atoms with Crippen LogP contribution in [0.15, 0.2) is 35.9 Å². The number of carbonyl (C=O) groups is 1. The largest absolute Gasteiger partial charge is 0.334 e. The third-order valence-corrected chi connectivity index (χ3v) is 3.62. The van der Waals surface area contributed by atoms with Crippen molar-refractivity contribution in [2.45, 2.75) is 18.7 Å². The molecule has 0 fully saturated rings. The molecule has 0 radical (unpaired) electrons. The van der Waals surface area contributed by atoms with E-state index < -0.39 is 0 Å². The van der Waals surface area contributed by atoms with Crippen molar-refractivity contribution in [1.29, 1.82) is 0 Å². The van der Waals surface area contributed by atoms with Crippen LogP contribution in [-0.2, 0) is 5.33 Å². The Balaban J connectivity index is 2.11. The van der Waals surface area contributed by atoms with Gasteiger partial charge in [-0.2, -0.15) is 0 Å². The van der Waals surface area contributed by atoms with E-state index in [2.05, 4.69) is 28.9 Å². The van der Waals surface area contributed by atoms with Crippen LogP contribution in [0.1, 0.15) is 29.3 Å². The summed E-state index contributed by atoms with van der Waals surface area (Å²) in [6.07, 6.45) is 3.18. The molecule has 17 heavy (non-hydrogen) atoms. The van der Waals surface area contributed by atoms with E-state index in [0.29, 0.717) is 0 Å². The number of hydrogen-bond donors (Lipinski definition) is 0. The molecule has 2 nitrogen and oxygen atoms in total. The maximum Gasteiger partial charge on any atom is 0.254 e. The fourth-order valence-corrected chi connectivity index (χ4v) is 2.38. The van der Waals surface area contributed by atoms with Gasteiger partial charge < -0.3 is 4.90 Å². The molecule has 0 spiro atoms. The molecule has 0 aromatic heterocycles. The second-order valence-electron chi connectivity index (χ2n) is 4.40. The van der Waals surface area contributed by atoms with Gasteiger partial charge in [-0.15, -0.1) is 0 Å². The summed E-state index contributed by atoms with van der Waals surface area (Å²) in [7, 11) is 0. The summed E-state index contributed by atoms with van der Waals surface area (Å²) in [6, 6.07) is 7.81. The molecule has 0 unspecified atom stereocenters. The van der Waals surface area contributed by atoms with Crippen molar-refractivity contribution in [2.24, 2.45) is 0 Å². The Morgan fingerprint density at radius 1 is 1.35 bits per heavy atom. The molecule has 2 rings (SSSR count). The quantitative estimate of drug-likeness (QED) is 0.605. The third-order valence-electron chi connectivity index (χ3n) is 2.97. The lowest BCUT2D eigenvalue weighted by Gasteiger charge is -2.26. The summed E-state index contributed by atoms with van der Waals surface area (Å²) in [6.45, 7) is 3.67. The van der Waals surface area contributed by atoms with Gasteiger partial charge in [0.2, 0.25) is 0 Å². The van der Waals surface area contributed by atoms with Crippen molar-refractivity contribution in [1.82, 2.24) is 4.90 Å². The molecule has 1 heterocycles. The lowest BCUT2D eigenvalue weighted by Crippen LogP contribution is -2.35. The molecular formula is C14H16BrNO. The first-order chi connectivity index (χ1) is 8.20. The summed E-state index contributed by atoms with van der Waals surface area (Å²) in [5.74, 6) is 0.138. The summed E-state index contributed by atoms with van der Waals surface area (Å²) in [5.41, 5.74) is 3.25. The number of rotatable bonds is 2. The minimum Gasteiger partial charge on any atom is -0.334 e.